The highest BCUT2D eigenvalue weighted by Crippen LogP contribution is 2.30. The summed E-state index contributed by atoms with van der Waals surface area (Å²) in [7, 11) is 0. The van der Waals surface area contributed by atoms with Gasteiger partial charge in [0.15, 0.2) is 0 Å². The molecule has 0 unspecified atom stereocenters. The Labute approximate surface area is 184 Å². The summed E-state index contributed by atoms with van der Waals surface area (Å²) >= 11 is 1.42. The molecule has 0 fully saturated rings. The summed E-state index contributed by atoms with van der Waals surface area (Å²) in [6.07, 6.45) is 1.47. The maximum absolute atomic E-state index is 13.2. The third kappa shape index (κ3) is 3.56. The van der Waals surface area contributed by atoms with Crippen molar-refractivity contribution < 1.29 is 9.45 Å². The molecular formula is C22H15N5O4S. The molecule has 5 aromatic rings. The van der Waals surface area contributed by atoms with Gasteiger partial charge in [0.25, 0.3) is 11.2 Å². The molecule has 9 nitrogen and oxygen atoms in total. The van der Waals surface area contributed by atoms with Crippen molar-refractivity contribution >= 4 is 27.2 Å². The monoisotopic (exact) mass is 445 g/mol. The van der Waals surface area contributed by atoms with E-state index in [1.54, 1.807) is 12.1 Å². The lowest BCUT2D eigenvalue weighted by atomic mass is 10.1. The van der Waals surface area contributed by atoms with Crippen LogP contribution in [0.15, 0.2) is 69.6 Å². The van der Waals surface area contributed by atoms with Crippen molar-refractivity contribution in [1.29, 1.82) is 0 Å². The third-order valence-corrected chi connectivity index (χ3v) is 5.92. The van der Waals surface area contributed by atoms with Crippen molar-refractivity contribution in [3.05, 3.63) is 92.2 Å². The lowest BCUT2D eigenvalue weighted by molar-refractivity contribution is -0.384. The lowest BCUT2D eigenvalue weighted by Gasteiger charge is -2.04. The third-order valence-electron chi connectivity index (χ3n) is 5.03. The molecule has 2 aromatic carbocycles. The van der Waals surface area contributed by atoms with Crippen LogP contribution < -0.4 is 5.56 Å². The fourth-order valence-electron chi connectivity index (χ4n) is 3.34. The SMILES string of the molecule is Cc1ccc(-c2csc3ncn(Cc4nc(-c5ccc([N+](=O)[O-])cc5)no4)c(=O)c23)cc1. The zero-order chi connectivity index (χ0) is 22.2. The maximum atomic E-state index is 13.2. The topological polar surface area (TPSA) is 117 Å². The van der Waals surface area contributed by atoms with E-state index in [2.05, 4.69) is 15.1 Å². The van der Waals surface area contributed by atoms with Crippen LogP contribution in [0.2, 0.25) is 0 Å². The molecule has 10 heteroatoms. The molecule has 3 heterocycles. The van der Waals surface area contributed by atoms with E-state index in [0.717, 1.165) is 16.7 Å². The maximum Gasteiger partial charge on any atom is 0.269 e. The normalized spacial score (nSPS) is 11.2. The van der Waals surface area contributed by atoms with Crippen molar-refractivity contribution in [1.82, 2.24) is 19.7 Å². The summed E-state index contributed by atoms with van der Waals surface area (Å²) in [5.41, 5.74) is 3.30. The fourth-order valence-corrected chi connectivity index (χ4v) is 4.25. The van der Waals surface area contributed by atoms with E-state index in [1.165, 1.54) is 34.4 Å². The highest BCUT2D eigenvalue weighted by molar-refractivity contribution is 7.17. The first-order chi connectivity index (χ1) is 15.5. The van der Waals surface area contributed by atoms with E-state index in [-0.39, 0.29) is 29.5 Å². The Morgan fingerprint density at radius 2 is 1.81 bits per heavy atom. The summed E-state index contributed by atoms with van der Waals surface area (Å²) < 4.78 is 6.73. The number of nitro groups is 1. The van der Waals surface area contributed by atoms with E-state index >= 15 is 0 Å². The Morgan fingerprint density at radius 1 is 1.09 bits per heavy atom. The van der Waals surface area contributed by atoms with Crippen LogP contribution in [0, 0.1) is 17.0 Å². The number of thiophene rings is 1. The van der Waals surface area contributed by atoms with Gasteiger partial charge in [-0.05, 0) is 24.6 Å². The van der Waals surface area contributed by atoms with Crippen LogP contribution in [0.5, 0.6) is 0 Å². The number of non-ortho nitro benzene ring substituents is 1. The molecule has 0 aliphatic heterocycles. The van der Waals surface area contributed by atoms with E-state index < -0.39 is 4.92 Å². The molecule has 0 N–H and O–H groups in total. The second-order valence-electron chi connectivity index (χ2n) is 7.19. The van der Waals surface area contributed by atoms with Gasteiger partial charge in [-0.15, -0.1) is 11.3 Å². The molecule has 32 heavy (non-hydrogen) atoms. The highest BCUT2D eigenvalue weighted by atomic mass is 32.1. The Bertz CT molecular complexity index is 1500. The van der Waals surface area contributed by atoms with Crippen LogP contribution in [0.1, 0.15) is 11.5 Å². The summed E-state index contributed by atoms with van der Waals surface area (Å²) in [5.74, 6) is 0.515. The lowest BCUT2D eigenvalue weighted by Crippen LogP contribution is -2.21. The average Bonchev–Trinajstić information content (AvgIpc) is 3.44. The number of benzene rings is 2. The van der Waals surface area contributed by atoms with Crippen LogP contribution in [-0.4, -0.2) is 24.6 Å². The van der Waals surface area contributed by atoms with Gasteiger partial charge < -0.3 is 4.52 Å². The quantitative estimate of drug-likeness (QED) is 0.290. The molecule has 5 rings (SSSR count). The number of hydrogen-bond acceptors (Lipinski definition) is 8. The number of aromatic nitrogens is 4. The number of nitro benzene ring substituents is 1. The van der Waals surface area contributed by atoms with Crippen molar-refractivity contribution in [2.75, 3.05) is 0 Å². The number of nitrogens with zero attached hydrogens (tertiary/aromatic N) is 5. The largest absolute Gasteiger partial charge is 0.337 e. The van der Waals surface area contributed by atoms with Crippen LogP contribution >= 0.6 is 11.3 Å². The second-order valence-corrected chi connectivity index (χ2v) is 8.05. The predicted molar refractivity (Wildman–Crippen MR) is 120 cm³/mol. The zero-order valence-corrected chi connectivity index (χ0v) is 17.6. The average molecular weight is 445 g/mol. The number of fused-ring (bicyclic) bond motifs is 1. The Balaban J connectivity index is 1.47. The van der Waals surface area contributed by atoms with Gasteiger partial charge in [-0.25, -0.2) is 4.98 Å². The number of aryl methyl sites for hydroxylation is 1. The molecular weight excluding hydrogens is 430 g/mol. The number of hydrogen-bond donors (Lipinski definition) is 0. The minimum atomic E-state index is -0.476. The first-order valence-electron chi connectivity index (χ1n) is 9.61. The molecule has 0 spiro atoms. The Morgan fingerprint density at radius 3 is 2.53 bits per heavy atom. The first kappa shape index (κ1) is 19.8. The summed E-state index contributed by atoms with van der Waals surface area (Å²) in [6.45, 7) is 2.07. The van der Waals surface area contributed by atoms with Gasteiger partial charge in [0.2, 0.25) is 11.7 Å². The van der Waals surface area contributed by atoms with Gasteiger partial charge in [-0.1, -0.05) is 35.0 Å². The molecule has 0 aliphatic carbocycles. The minimum absolute atomic E-state index is 0.0245. The smallest absolute Gasteiger partial charge is 0.269 e. The molecule has 0 radical (unpaired) electrons. The van der Waals surface area contributed by atoms with Gasteiger partial charge in [0, 0.05) is 28.6 Å². The van der Waals surface area contributed by atoms with E-state index in [1.807, 2.05) is 36.6 Å². The summed E-state index contributed by atoms with van der Waals surface area (Å²) in [6, 6.07) is 13.8. The van der Waals surface area contributed by atoms with Gasteiger partial charge in [0.1, 0.15) is 11.4 Å². The molecule has 3 aromatic heterocycles. The van der Waals surface area contributed by atoms with Gasteiger partial charge in [-0.3, -0.25) is 19.5 Å². The standard InChI is InChI=1S/C22H15N5O4S/c1-13-2-4-14(5-3-13)17-11-32-21-19(17)22(28)26(12-23-21)10-18-24-20(25-31-18)15-6-8-16(9-7-15)27(29)30/h2-9,11-12H,10H2,1H3. The van der Waals surface area contributed by atoms with Crippen molar-refractivity contribution in [3.63, 3.8) is 0 Å². The van der Waals surface area contributed by atoms with Gasteiger partial charge >= 0.3 is 0 Å². The Hall–Kier alpha value is -4.18. The van der Waals surface area contributed by atoms with Crippen LogP contribution in [-0.2, 0) is 6.54 Å². The van der Waals surface area contributed by atoms with Crippen LogP contribution in [0.4, 0.5) is 5.69 Å². The molecule has 0 saturated heterocycles. The molecule has 0 atom stereocenters. The van der Waals surface area contributed by atoms with E-state index in [0.29, 0.717) is 15.8 Å². The molecule has 0 bridgehead atoms. The molecule has 0 aliphatic rings. The van der Waals surface area contributed by atoms with Crippen LogP contribution in [0.3, 0.4) is 0 Å². The van der Waals surface area contributed by atoms with E-state index in [4.69, 9.17) is 4.52 Å². The molecule has 0 saturated carbocycles. The molecule has 0 amide bonds. The zero-order valence-electron chi connectivity index (χ0n) is 16.8. The van der Waals surface area contributed by atoms with Crippen molar-refractivity contribution in [3.8, 4) is 22.5 Å². The van der Waals surface area contributed by atoms with Gasteiger partial charge in [-0.2, -0.15) is 4.98 Å². The minimum Gasteiger partial charge on any atom is -0.337 e. The van der Waals surface area contributed by atoms with Crippen LogP contribution in [0.25, 0.3) is 32.7 Å². The second kappa shape index (κ2) is 7.82. The van der Waals surface area contributed by atoms with E-state index in [9.17, 15) is 14.9 Å². The van der Waals surface area contributed by atoms with Crippen molar-refractivity contribution in [2.45, 2.75) is 13.5 Å². The first-order valence-corrected chi connectivity index (χ1v) is 10.5. The predicted octanol–water partition coefficient (Wildman–Crippen LogP) is 4.44. The summed E-state index contributed by atoms with van der Waals surface area (Å²) in [4.78, 5) is 32.9. The fraction of sp³-hybridized carbons (Fsp3) is 0.0909. The Kier molecular flexibility index (Phi) is 4.83. The van der Waals surface area contributed by atoms with Gasteiger partial charge in [0.05, 0.1) is 16.6 Å². The van der Waals surface area contributed by atoms with Crippen molar-refractivity contribution in [2.24, 2.45) is 0 Å². The summed E-state index contributed by atoms with van der Waals surface area (Å²) in [5, 5.41) is 17.2. The highest BCUT2D eigenvalue weighted by Gasteiger charge is 2.16. The number of rotatable bonds is 5. The molecule has 158 valence electrons.